The number of aromatic amines is 1. The van der Waals surface area contributed by atoms with Crippen LogP contribution in [0.25, 0.3) is 10.9 Å². The lowest BCUT2D eigenvalue weighted by atomic mass is 9.64. The second kappa shape index (κ2) is 5.35. The Bertz CT molecular complexity index is 891. The number of rotatable bonds is 1. The van der Waals surface area contributed by atoms with Crippen LogP contribution in [-0.4, -0.2) is 29.0 Å². The van der Waals surface area contributed by atoms with Crippen LogP contribution in [0.3, 0.4) is 0 Å². The third-order valence-corrected chi connectivity index (χ3v) is 5.48. The van der Waals surface area contributed by atoms with Gasteiger partial charge in [0.15, 0.2) is 5.78 Å². The average molecular weight is 322 g/mol. The highest BCUT2D eigenvalue weighted by Gasteiger charge is 2.46. The molecular weight excluding hydrogens is 300 g/mol. The molecule has 1 aliphatic carbocycles. The van der Waals surface area contributed by atoms with Crippen molar-refractivity contribution >= 4 is 16.7 Å². The van der Waals surface area contributed by atoms with Crippen LogP contribution in [0.4, 0.5) is 0 Å². The number of benzene rings is 1. The van der Waals surface area contributed by atoms with Crippen LogP contribution >= 0.6 is 0 Å². The molecule has 1 spiro atoms. The van der Waals surface area contributed by atoms with Crippen molar-refractivity contribution in [3.8, 4) is 0 Å². The molecule has 0 unspecified atom stereocenters. The molecule has 0 amide bonds. The van der Waals surface area contributed by atoms with Crippen LogP contribution in [0.15, 0.2) is 47.2 Å². The summed E-state index contributed by atoms with van der Waals surface area (Å²) < 4.78 is 0. The summed E-state index contributed by atoms with van der Waals surface area (Å²) in [6.07, 6.45) is 3.61. The number of para-hydroxylation sites is 1. The molecule has 3 N–H and O–H groups in total. The number of ketones is 1. The van der Waals surface area contributed by atoms with Gasteiger partial charge in [0.25, 0.3) is 0 Å². The van der Waals surface area contributed by atoms with Gasteiger partial charge in [0.1, 0.15) is 0 Å². The molecule has 0 bridgehead atoms. The van der Waals surface area contributed by atoms with E-state index in [4.69, 9.17) is 0 Å². The van der Waals surface area contributed by atoms with Crippen LogP contribution in [0.5, 0.6) is 0 Å². The summed E-state index contributed by atoms with van der Waals surface area (Å²) in [6.45, 7) is 5.36. The van der Waals surface area contributed by atoms with Crippen LogP contribution in [0.2, 0.25) is 0 Å². The molecule has 1 aromatic heterocycles. The maximum atomic E-state index is 13.1. The third-order valence-electron chi connectivity index (χ3n) is 5.48. The van der Waals surface area contributed by atoms with Gasteiger partial charge in [0, 0.05) is 27.6 Å². The highest BCUT2D eigenvalue weighted by atomic mass is 16.3. The Hall–Kier alpha value is -2.33. The predicted octanol–water partition coefficient (Wildman–Crippen LogP) is 3.76. The molecule has 0 saturated carbocycles. The van der Waals surface area contributed by atoms with Crippen molar-refractivity contribution in [3.63, 3.8) is 0 Å². The number of aliphatic hydroxyl groups excluding tert-OH is 1. The molecular formula is C20H22N2O2. The molecule has 1 fully saturated rings. The van der Waals surface area contributed by atoms with Gasteiger partial charge < -0.3 is 15.4 Å². The van der Waals surface area contributed by atoms with E-state index in [1.165, 1.54) is 0 Å². The van der Waals surface area contributed by atoms with Gasteiger partial charge >= 0.3 is 0 Å². The number of H-pyrrole nitrogens is 1. The van der Waals surface area contributed by atoms with E-state index in [2.05, 4.69) is 10.3 Å². The zero-order valence-corrected chi connectivity index (χ0v) is 14.1. The van der Waals surface area contributed by atoms with E-state index in [1.807, 2.05) is 31.2 Å². The summed E-state index contributed by atoms with van der Waals surface area (Å²) in [7, 11) is 0. The standard InChI is InChI=1S/C20H22N2O2/c1-12(23)11-15-13(2)18(24)17-14-5-3-4-6-16(14)22-19(17)20(15)7-9-21-10-8-20/h3-6,11,21-23H,7-10H2,1-2H3/b12-11+. The molecule has 1 aromatic carbocycles. The normalized spacial score (nSPS) is 20.8. The summed E-state index contributed by atoms with van der Waals surface area (Å²) in [5, 5.41) is 14.3. The zero-order chi connectivity index (χ0) is 16.9. The fraction of sp³-hybridized carbons (Fsp3) is 0.350. The van der Waals surface area contributed by atoms with E-state index in [9.17, 15) is 9.90 Å². The average Bonchev–Trinajstić information content (AvgIpc) is 2.98. The smallest absolute Gasteiger partial charge is 0.191 e. The molecule has 4 rings (SSSR count). The molecule has 1 saturated heterocycles. The molecule has 2 aliphatic rings. The summed E-state index contributed by atoms with van der Waals surface area (Å²) in [6, 6.07) is 8.01. The molecule has 0 radical (unpaired) electrons. The largest absolute Gasteiger partial charge is 0.513 e. The fourth-order valence-corrected chi connectivity index (χ4v) is 4.37. The zero-order valence-electron chi connectivity index (χ0n) is 14.1. The lowest BCUT2D eigenvalue weighted by molar-refractivity contribution is 0.102. The third kappa shape index (κ3) is 1.99. The molecule has 4 heteroatoms. The minimum absolute atomic E-state index is 0.0686. The summed E-state index contributed by atoms with van der Waals surface area (Å²) in [4.78, 5) is 16.6. The summed E-state index contributed by atoms with van der Waals surface area (Å²) in [5.74, 6) is 0.314. The highest BCUT2D eigenvalue weighted by Crippen LogP contribution is 2.49. The van der Waals surface area contributed by atoms with E-state index in [-0.39, 0.29) is 17.0 Å². The fourth-order valence-electron chi connectivity index (χ4n) is 4.37. The number of aliphatic hydroxyl groups is 1. The number of carbonyl (C=O) groups is 1. The number of aromatic nitrogens is 1. The van der Waals surface area contributed by atoms with Crippen LogP contribution in [0, 0.1) is 0 Å². The van der Waals surface area contributed by atoms with Crippen molar-refractivity contribution in [2.45, 2.75) is 32.1 Å². The number of hydrogen-bond donors (Lipinski definition) is 3. The highest BCUT2D eigenvalue weighted by molar-refractivity contribution is 6.19. The van der Waals surface area contributed by atoms with E-state index in [0.717, 1.165) is 59.2 Å². The number of Topliss-reactive ketones (excluding diaryl/α,β-unsaturated/α-hetero) is 1. The van der Waals surface area contributed by atoms with Gasteiger partial charge in [-0.3, -0.25) is 4.79 Å². The number of carbonyl (C=O) groups excluding carboxylic acids is 1. The lowest BCUT2D eigenvalue weighted by Crippen LogP contribution is -2.44. The second-order valence-corrected chi connectivity index (χ2v) is 6.91. The number of allylic oxidation sites excluding steroid dienone is 4. The lowest BCUT2D eigenvalue weighted by Gasteiger charge is -2.42. The number of nitrogens with one attached hydrogen (secondary N) is 2. The molecule has 1 aliphatic heterocycles. The van der Waals surface area contributed by atoms with E-state index in [1.54, 1.807) is 13.0 Å². The first-order chi connectivity index (χ1) is 11.5. The van der Waals surface area contributed by atoms with E-state index >= 15 is 0 Å². The Morgan fingerprint density at radius 3 is 2.67 bits per heavy atom. The number of hydrogen-bond acceptors (Lipinski definition) is 3. The van der Waals surface area contributed by atoms with E-state index < -0.39 is 0 Å². The van der Waals surface area contributed by atoms with Crippen LogP contribution in [0.1, 0.15) is 42.7 Å². The predicted molar refractivity (Wildman–Crippen MR) is 95.5 cm³/mol. The first-order valence-electron chi connectivity index (χ1n) is 8.50. The van der Waals surface area contributed by atoms with Gasteiger partial charge in [-0.15, -0.1) is 0 Å². The Morgan fingerprint density at radius 1 is 1.25 bits per heavy atom. The first-order valence-corrected chi connectivity index (χ1v) is 8.50. The minimum atomic E-state index is -0.235. The second-order valence-electron chi connectivity index (χ2n) is 6.91. The summed E-state index contributed by atoms with van der Waals surface area (Å²) >= 11 is 0. The van der Waals surface area contributed by atoms with Crippen molar-refractivity contribution in [3.05, 3.63) is 58.5 Å². The van der Waals surface area contributed by atoms with Crippen molar-refractivity contribution in [2.24, 2.45) is 0 Å². The van der Waals surface area contributed by atoms with Crippen molar-refractivity contribution < 1.29 is 9.90 Å². The van der Waals surface area contributed by atoms with Crippen LogP contribution < -0.4 is 5.32 Å². The van der Waals surface area contributed by atoms with E-state index in [0.29, 0.717) is 0 Å². The molecule has 0 atom stereocenters. The summed E-state index contributed by atoms with van der Waals surface area (Å²) in [5.41, 5.74) is 4.33. The molecule has 24 heavy (non-hydrogen) atoms. The van der Waals surface area contributed by atoms with Crippen molar-refractivity contribution in [1.29, 1.82) is 0 Å². The maximum absolute atomic E-state index is 13.1. The minimum Gasteiger partial charge on any atom is -0.513 e. The number of fused-ring (bicyclic) bond motifs is 4. The Morgan fingerprint density at radius 2 is 1.96 bits per heavy atom. The van der Waals surface area contributed by atoms with Gasteiger partial charge in [-0.25, -0.2) is 0 Å². The van der Waals surface area contributed by atoms with Gasteiger partial charge in [0.2, 0.25) is 0 Å². The molecule has 124 valence electrons. The molecule has 2 heterocycles. The van der Waals surface area contributed by atoms with Gasteiger partial charge in [-0.1, -0.05) is 18.2 Å². The van der Waals surface area contributed by atoms with Crippen molar-refractivity contribution in [1.82, 2.24) is 10.3 Å². The van der Waals surface area contributed by atoms with Gasteiger partial charge in [-0.05, 0) is 57.5 Å². The Kier molecular flexibility index (Phi) is 3.39. The quantitative estimate of drug-likeness (QED) is 0.700. The monoisotopic (exact) mass is 322 g/mol. The SMILES string of the molecule is CC1=C(/C=C(\C)O)C2(CCNCC2)c2[nH]c3ccccc3c2C1=O. The Balaban J connectivity index is 2.07. The molecule has 4 nitrogen and oxygen atoms in total. The first kappa shape index (κ1) is 15.2. The topological polar surface area (TPSA) is 65.1 Å². The maximum Gasteiger partial charge on any atom is 0.191 e. The Labute approximate surface area is 141 Å². The number of piperidine rings is 1. The van der Waals surface area contributed by atoms with Gasteiger partial charge in [0.05, 0.1) is 11.3 Å². The van der Waals surface area contributed by atoms with Crippen LogP contribution in [-0.2, 0) is 5.41 Å². The van der Waals surface area contributed by atoms with Gasteiger partial charge in [-0.2, -0.15) is 0 Å². The van der Waals surface area contributed by atoms with Crippen molar-refractivity contribution in [2.75, 3.05) is 13.1 Å². The molecule has 2 aromatic rings.